The number of nitrogens with one attached hydrogen (secondary N) is 1. The molecule has 100 valence electrons. The average molecular weight is 253 g/mol. The summed E-state index contributed by atoms with van der Waals surface area (Å²) >= 11 is 0. The van der Waals surface area contributed by atoms with Gasteiger partial charge in [-0.15, -0.1) is 0 Å². The second kappa shape index (κ2) is 7.81. The Morgan fingerprint density at radius 2 is 2.00 bits per heavy atom. The third kappa shape index (κ3) is 4.44. The summed E-state index contributed by atoms with van der Waals surface area (Å²) in [5.74, 6) is 0.662. The van der Waals surface area contributed by atoms with Crippen LogP contribution in [0.2, 0.25) is 0 Å². The molecule has 5 heteroatoms. The van der Waals surface area contributed by atoms with Crippen molar-refractivity contribution < 1.29 is 19.0 Å². The summed E-state index contributed by atoms with van der Waals surface area (Å²) in [4.78, 5) is 11.6. The number of hydrogen-bond donors (Lipinski definition) is 1. The lowest BCUT2D eigenvalue weighted by atomic mass is 10.2. The van der Waals surface area contributed by atoms with E-state index in [0.717, 1.165) is 11.3 Å². The van der Waals surface area contributed by atoms with E-state index in [2.05, 4.69) is 5.32 Å². The molecule has 0 bridgehead atoms. The van der Waals surface area contributed by atoms with Crippen molar-refractivity contribution in [1.29, 1.82) is 0 Å². The third-order valence-electron chi connectivity index (χ3n) is 2.45. The lowest BCUT2D eigenvalue weighted by Gasteiger charge is -2.12. The minimum atomic E-state index is -0.803. The highest BCUT2D eigenvalue weighted by molar-refractivity contribution is 5.83. The number of ether oxygens (including phenoxy) is 3. The largest absolute Gasteiger partial charge is 0.497 e. The van der Waals surface area contributed by atoms with Gasteiger partial charge < -0.3 is 19.5 Å². The number of methoxy groups -OCH3 is 3. The Kier molecular flexibility index (Phi) is 6.35. The van der Waals surface area contributed by atoms with Crippen LogP contribution in [0, 0.1) is 0 Å². The second-order valence-electron chi connectivity index (χ2n) is 3.72. The van der Waals surface area contributed by atoms with Crippen molar-refractivity contribution in [3.8, 4) is 5.75 Å². The first-order valence-corrected chi connectivity index (χ1v) is 5.63. The van der Waals surface area contributed by atoms with E-state index in [9.17, 15) is 4.79 Å². The monoisotopic (exact) mass is 253 g/mol. The summed E-state index contributed by atoms with van der Waals surface area (Å²) in [6.07, 6.45) is -0.803. The molecule has 0 aliphatic carbocycles. The average Bonchev–Trinajstić information content (AvgIpc) is 2.40. The number of carbonyl (C=O) groups excluding carboxylic acids is 1. The molecule has 0 amide bonds. The lowest BCUT2D eigenvalue weighted by Crippen LogP contribution is -2.33. The van der Waals surface area contributed by atoms with Crippen LogP contribution in [-0.2, 0) is 20.8 Å². The van der Waals surface area contributed by atoms with E-state index in [1.807, 2.05) is 24.3 Å². The minimum Gasteiger partial charge on any atom is -0.497 e. The predicted molar refractivity (Wildman–Crippen MR) is 67.5 cm³/mol. The number of benzene rings is 1. The lowest BCUT2D eigenvalue weighted by molar-refractivity contribution is -0.155. The highest BCUT2D eigenvalue weighted by Crippen LogP contribution is 2.11. The van der Waals surface area contributed by atoms with Crippen molar-refractivity contribution in [2.45, 2.75) is 12.8 Å². The van der Waals surface area contributed by atoms with Gasteiger partial charge in [0.1, 0.15) is 5.75 Å². The second-order valence-corrected chi connectivity index (χ2v) is 3.72. The summed E-state index contributed by atoms with van der Waals surface area (Å²) in [5, 5.41) is 3.04. The number of rotatable bonds is 8. The van der Waals surface area contributed by atoms with Crippen molar-refractivity contribution in [3.05, 3.63) is 29.8 Å². The fourth-order valence-corrected chi connectivity index (χ4v) is 1.55. The molecule has 0 aliphatic heterocycles. The molecular weight excluding hydrogens is 234 g/mol. The summed E-state index contributed by atoms with van der Waals surface area (Å²) in [5.41, 5.74) is 1.05. The first-order chi connectivity index (χ1) is 8.71. The molecule has 0 unspecified atom stereocenters. The minimum absolute atomic E-state index is 0.136. The van der Waals surface area contributed by atoms with E-state index in [4.69, 9.17) is 14.2 Å². The Balaban J connectivity index is 2.39. The molecular formula is C13H19NO4. The van der Waals surface area contributed by atoms with Crippen molar-refractivity contribution in [3.63, 3.8) is 0 Å². The first-order valence-electron chi connectivity index (χ1n) is 5.63. The summed E-state index contributed by atoms with van der Waals surface area (Å²) in [7, 11) is 4.50. The maximum absolute atomic E-state index is 11.6. The number of ketones is 1. The molecule has 1 rings (SSSR count). The molecule has 0 atom stereocenters. The molecule has 5 nitrogen and oxygen atoms in total. The number of carbonyl (C=O) groups is 1. The van der Waals surface area contributed by atoms with Crippen LogP contribution in [0.5, 0.6) is 5.75 Å². The molecule has 0 fully saturated rings. The van der Waals surface area contributed by atoms with Gasteiger partial charge in [-0.2, -0.15) is 0 Å². The highest BCUT2D eigenvalue weighted by atomic mass is 16.7. The van der Waals surface area contributed by atoms with E-state index in [1.54, 1.807) is 7.11 Å². The zero-order valence-electron chi connectivity index (χ0n) is 10.9. The van der Waals surface area contributed by atoms with E-state index in [-0.39, 0.29) is 12.3 Å². The van der Waals surface area contributed by atoms with E-state index in [0.29, 0.717) is 6.54 Å². The molecule has 0 radical (unpaired) electrons. The quantitative estimate of drug-likeness (QED) is 0.700. The topological polar surface area (TPSA) is 56.8 Å². The van der Waals surface area contributed by atoms with Gasteiger partial charge in [-0.05, 0) is 17.7 Å². The predicted octanol–water partition coefficient (Wildman–Crippen LogP) is 0.973. The highest BCUT2D eigenvalue weighted by Gasteiger charge is 2.15. The van der Waals surface area contributed by atoms with Crippen LogP contribution < -0.4 is 10.1 Å². The molecule has 0 saturated heterocycles. The van der Waals surface area contributed by atoms with Crippen LogP contribution in [0.3, 0.4) is 0 Å². The van der Waals surface area contributed by atoms with Gasteiger partial charge >= 0.3 is 0 Å². The maximum Gasteiger partial charge on any atom is 0.218 e. The van der Waals surface area contributed by atoms with Crippen LogP contribution in [0.25, 0.3) is 0 Å². The van der Waals surface area contributed by atoms with Gasteiger partial charge in [-0.3, -0.25) is 4.79 Å². The van der Waals surface area contributed by atoms with Crippen LogP contribution in [0.4, 0.5) is 0 Å². The van der Waals surface area contributed by atoms with E-state index >= 15 is 0 Å². The molecule has 1 N–H and O–H groups in total. The molecule has 0 aromatic heterocycles. The van der Waals surface area contributed by atoms with Crippen LogP contribution in [0.1, 0.15) is 5.56 Å². The standard InChI is InChI=1S/C13H19NO4/c1-16-11-6-4-5-10(7-11)8-14-9-12(15)13(17-2)18-3/h4-7,13-14H,8-9H2,1-3H3. The summed E-state index contributed by atoms with van der Waals surface area (Å²) in [6, 6.07) is 7.66. The zero-order chi connectivity index (χ0) is 13.4. The molecule has 0 spiro atoms. The SMILES string of the molecule is COc1cccc(CNCC(=O)C(OC)OC)c1. The number of Topliss-reactive ketones (excluding diaryl/α,β-unsaturated/α-hetero) is 1. The maximum atomic E-state index is 11.6. The van der Waals surface area contributed by atoms with Crippen LogP contribution >= 0.6 is 0 Å². The van der Waals surface area contributed by atoms with E-state index < -0.39 is 6.29 Å². The van der Waals surface area contributed by atoms with Gasteiger partial charge in [-0.1, -0.05) is 12.1 Å². The van der Waals surface area contributed by atoms with Gasteiger partial charge in [0.05, 0.1) is 13.7 Å². The summed E-state index contributed by atoms with van der Waals surface area (Å²) in [6.45, 7) is 0.784. The molecule has 0 saturated carbocycles. The van der Waals surface area contributed by atoms with Crippen molar-refractivity contribution in [2.24, 2.45) is 0 Å². The summed E-state index contributed by atoms with van der Waals surface area (Å²) < 4.78 is 14.9. The Morgan fingerprint density at radius 1 is 1.28 bits per heavy atom. The normalized spacial score (nSPS) is 10.7. The molecule has 1 aromatic rings. The van der Waals surface area contributed by atoms with Crippen molar-refractivity contribution in [1.82, 2.24) is 5.32 Å². The first kappa shape index (κ1) is 14.6. The van der Waals surface area contributed by atoms with Crippen LogP contribution in [-0.4, -0.2) is 39.9 Å². The molecule has 1 aromatic carbocycles. The Labute approximate surface area is 107 Å². The third-order valence-corrected chi connectivity index (χ3v) is 2.45. The zero-order valence-corrected chi connectivity index (χ0v) is 10.9. The Hall–Kier alpha value is -1.43. The smallest absolute Gasteiger partial charge is 0.218 e. The molecule has 0 heterocycles. The number of hydrogen-bond acceptors (Lipinski definition) is 5. The van der Waals surface area contributed by atoms with Gasteiger partial charge in [0.2, 0.25) is 12.1 Å². The Morgan fingerprint density at radius 3 is 2.61 bits per heavy atom. The molecule has 18 heavy (non-hydrogen) atoms. The molecule has 0 aliphatic rings. The van der Waals surface area contributed by atoms with Crippen molar-refractivity contribution in [2.75, 3.05) is 27.9 Å². The fourth-order valence-electron chi connectivity index (χ4n) is 1.55. The van der Waals surface area contributed by atoms with Gasteiger partial charge in [-0.25, -0.2) is 0 Å². The van der Waals surface area contributed by atoms with Gasteiger partial charge in [0, 0.05) is 20.8 Å². The van der Waals surface area contributed by atoms with Crippen molar-refractivity contribution >= 4 is 5.78 Å². The Bertz CT molecular complexity index is 377. The van der Waals surface area contributed by atoms with Gasteiger partial charge in [0.15, 0.2) is 0 Å². The van der Waals surface area contributed by atoms with Crippen LogP contribution in [0.15, 0.2) is 24.3 Å². The van der Waals surface area contributed by atoms with Gasteiger partial charge in [0.25, 0.3) is 0 Å². The van der Waals surface area contributed by atoms with E-state index in [1.165, 1.54) is 14.2 Å². The fraction of sp³-hybridized carbons (Fsp3) is 0.462.